The zero-order valence-electron chi connectivity index (χ0n) is 19.4. The molecule has 180 valence electrons. The van der Waals surface area contributed by atoms with Crippen molar-refractivity contribution in [1.29, 1.82) is 0 Å². The third-order valence-electron chi connectivity index (χ3n) is 6.88. The number of nitrogens with zero attached hydrogens (tertiary/aromatic N) is 7. The predicted molar refractivity (Wildman–Crippen MR) is 129 cm³/mol. The van der Waals surface area contributed by atoms with Crippen LogP contribution in [0.5, 0.6) is 0 Å². The molecular formula is C23H28ClN7O3. The van der Waals surface area contributed by atoms with Gasteiger partial charge in [0.1, 0.15) is 0 Å². The summed E-state index contributed by atoms with van der Waals surface area (Å²) >= 11 is 6.09. The molecule has 3 aromatic rings. The average Bonchev–Trinajstić information content (AvgIpc) is 3.32. The molecule has 5 heterocycles. The van der Waals surface area contributed by atoms with Crippen molar-refractivity contribution in [1.82, 2.24) is 29.0 Å². The van der Waals surface area contributed by atoms with Gasteiger partial charge in [-0.1, -0.05) is 11.6 Å². The number of fused-ring (bicyclic) bond motifs is 1. The minimum Gasteiger partial charge on any atom is -0.380 e. The minimum atomic E-state index is -0.576. The van der Waals surface area contributed by atoms with Crippen LogP contribution in [0.2, 0.25) is 5.02 Å². The molecule has 10 nitrogen and oxygen atoms in total. The van der Waals surface area contributed by atoms with E-state index in [9.17, 15) is 9.59 Å². The first-order chi connectivity index (χ1) is 16.4. The number of hydrogen-bond acceptors (Lipinski definition) is 8. The predicted octanol–water partition coefficient (Wildman–Crippen LogP) is 1.60. The first-order valence-corrected chi connectivity index (χ1v) is 11.9. The number of methoxy groups -OCH3 is 1. The summed E-state index contributed by atoms with van der Waals surface area (Å²) in [7, 11) is 3.33. The number of rotatable bonds is 5. The lowest BCUT2D eigenvalue weighted by molar-refractivity contribution is 0.107. The summed E-state index contributed by atoms with van der Waals surface area (Å²) in [4.78, 5) is 43.5. The highest BCUT2D eigenvalue weighted by atomic mass is 35.5. The number of hydrogen-bond donors (Lipinski definition) is 0. The number of ether oxygens (including phenoxy) is 1. The molecule has 2 fully saturated rings. The molecule has 2 aliphatic heterocycles. The standard InChI is InChI=1S/C23H28ClN7O3/c1-28-19-9-16(24)12-25-20(19)31(22(33)21(28)32)17-3-7-30(8-4-17)23-26-10-15(11-27-23)13-29-6-5-18(14-29)34-2/h9-12,17-18H,3-8,13-14H2,1-2H3/t18-/m0/s1. The van der Waals surface area contributed by atoms with Crippen LogP contribution in [0.1, 0.15) is 30.9 Å². The molecule has 0 aromatic carbocycles. The number of aryl methyl sites for hydroxylation is 1. The summed E-state index contributed by atoms with van der Waals surface area (Å²) < 4.78 is 8.29. The maximum atomic E-state index is 12.9. The number of piperidine rings is 1. The van der Waals surface area contributed by atoms with Crippen LogP contribution < -0.4 is 16.0 Å². The van der Waals surface area contributed by atoms with Crippen LogP contribution in [0.4, 0.5) is 5.95 Å². The van der Waals surface area contributed by atoms with E-state index >= 15 is 0 Å². The Hall–Kier alpha value is -2.82. The van der Waals surface area contributed by atoms with E-state index in [0.717, 1.165) is 31.6 Å². The van der Waals surface area contributed by atoms with Crippen LogP contribution in [0, 0.1) is 0 Å². The number of halogens is 1. The zero-order chi connectivity index (χ0) is 23.8. The fraction of sp³-hybridized carbons (Fsp3) is 0.522. The van der Waals surface area contributed by atoms with Gasteiger partial charge in [0.2, 0.25) is 5.95 Å². The van der Waals surface area contributed by atoms with Gasteiger partial charge in [-0.2, -0.15) is 0 Å². The highest BCUT2D eigenvalue weighted by molar-refractivity contribution is 6.31. The number of anilines is 1. The van der Waals surface area contributed by atoms with Crippen LogP contribution >= 0.6 is 11.6 Å². The molecule has 0 spiro atoms. The van der Waals surface area contributed by atoms with Crippen molar-refractivity contribution >= 4 is 28.7 Å². The molecule has 11 heteroatoms. The maximum absolute atomic E-state index is 12.9. The van der Waals surface area contributed by atoms with E-state index in [2.05, 4.69) is 24.8 Å². The quantitative estimate of drug-likeness (QED) is 0.502. The van der Waals surface area contributed by atoms with Crippen molar-refractivity contribution in [3.63, 3.8) is 0 Å². The van der Waals surface area contributed by atoms with Gasteiger partial charge >= 0.3 is 11.1 Å². The van der Waals surface area contributed by atoms with Crippen LogP contribution in [0.3, 0.4) is 0 Å². The Bertz CT molecular complexity index is 1300. The molecule has 34 heavy (non-hydrogen) atoms. The molecule has 0 bridgehead atoms. The van der Waals surface area contributed by atoms with Gasteiger partial charge in [0, 0.05) is 77.1 Å². The summed E-state index contributed by atoms with van der Waals surface area (Å²) in [6, 6.07) is 1.54. The van der Waals surface area contributed by atoms with E-state index in [1.165, 1.54) is 10.8 Å². The molecular weight excluding hydrogens is 458 g/mol. The zero-order valence-corrected chi connectivity index (χ0v) is 20.1. The Morgan fingerprint density at radius 2 is 1.76 bits per heavy atom. The monoisotopic (exact) mass is 485 g/mol. The smallest absolute Gasteiger partial charge is 0.318 e. The van der Waals surface area contributed by atoms with Crippen LogP contribution in [0.15, 0.2) is 34.2 Å². The second-order valence-electron chi connectivity index (χ2n) is 9.03. The van der Waals surface area contributed by atoms with E-state index in [4.69, 9.17) is 16.3 Å². The van der Waals surface area contributed by atoms with Gasteiger partial charge in [-0.3, -0.25) is 19.1 Å². The fourth-order valence-corrected chi connectivity index (χ4v) is 5.11. The average molecular weight is 486 g/mol. The highest BCUT2D eigenvalue weighted by Crippen LogP contribution is 2.26. The second-order valence-corrected chi connectivity index (χ2v) is 9.46. The van der Waals surface area contributed by atoms with Crippen LogP contribution in [0.25, 0.3) is 11.2 Å². The van der Waals surface area contributed by atoms with Gasteiger partial charge in [-0.25, -0.2) is 15.0 Å². The number of likely N-dealkylation sites (tertiary alicyclic amines) is 1. The summed E-state index contributed by atoms with van der Waals surface area (Å²) in [5.41, 5.74) is 0.981. The molecule has 0 aliphatic carbocycles. The van der Waals surface area contributed by atoms with Gasteiger partial charge in [0.05, 0.1) is 16.6 Å². The third kappa shape index (κ3) is 4.33. The van der Waals surface area contributed by atoms with Crippen molar-refractivity contribution in [2.45, 2.75) is 38.0 Å². The summed E-state index contributed by atoms with van der Waals surface area (Å²) in [5, 5.41) is 0.423. The molecule has 2 aliphatic rings. The lowest BCUT2D eigenvalue weighted by Crippen LogP contribution is -2.45. The van der Waals surface area contributed by atoms with Crippen LogP contribution in [-0.2, 0) is 18.3 Å². The Kier molecular flexibility index (Phi) is 6.37. The van der Waals surface area contributed by atoms with Gasteiger partial charge in [0.25, 0.3) is 0 Å². The summed E-state index contributed by atoms with van der Waals surface area (Å²) in [6.45, 7) is 4.14. The van der Waals surface area contributed by atoms with Gasteiger partial charge in [-0.15, -0.1) is 0 Å². The SMILES string of the molecule is CO[C@H]1CCN(Cc2cnc(N3CCC(n4c(=O)c(=O)n(C)c5cc(Cl)cnc54)CC3)nc2)C1. The van der Waals surface area contributed by atoms with Crippen molar-refractivity contribution in [2.24, 2.45) is 7.05 Å². The number of aromatic nitrogens is 5. The summed E-state index contributed by atoms with van der Waals surface area (Å²) in [5.74, 6) is 0.685. The number of pyridine rings is 1. The minimum absolute atomic E-state index is 0.128. The Balaban J connectivity index is 1.29. The third-order valence-corrected chi connectivity index (χ3v) is 7.09. The lowest BCUT2D eigenvalue weighted by Gasteiger charge is -2.33. The van der Waals surface area contributed by atoms with E-state index in [1.807, 2.05) is 12.4 Å². The van der Waals surface area contributed by atoms with Gasteiger partial charge < -0.3 is 14.2 Å². The van der Waals surface area contributed by atoms with Crippen molar-refractivity contribution in [3.8, 4) is 0 Å². The normalized spacial score (nSPS) is 19.9. The van der Waals surface area contributed by atoms with Gasteiger partial charge in [-0.05, 0) is 25.3 Å². The topological polar surface area (TPSA) is 98.4 Å². The molecule has 1 atom stereocenters. The second kappa shape index (κ2) is 9.44. The fourth-order valence-electron chi connectivity index (χ4n) is 4.95. The molecule has 3 aromatic heterocycles. The molecule has 0 N–H and O–H groups in total. The Morgan fingerprint density at radius 1 is 1.03 bits per heavy atom. The molecule has 5 rings (SSSR count). The van der Waals surface area contributed by atoms with Crippen molar-refractivity contribution in [3.05, 3.63) is 56.0 Å². The molecule has 0 amide bonds. The summed E-state index contributed by atoms with van der Waals surface area (Å²) in [6.07, 6.45) is 8.02. The molecule has 0 unspecified atom stereocenters. The van der Waals surface area contributed by atoms with E-state index in [0.29, 0.717) is 54.2 Å². The van der Waals surface area contributed by atoms with E-state index in [1.54, 1.807) is 24.8 Å². The lowest BCUT2D eigenvalue weighted by atomic mass is 10.0. The highest BCUT2D eigenvalue weighted by Gasteiger charge is 2.27. The first kappa shape index (κ1) is 22.9. The van der Waals surface area contributed by atoms with Crippen molar-refractivity contribution in [2.75, 3.05) is 38.2 Å². The molecule has 0 radical (unpaired) electrons. The Morgan fingerprint density at radius 3 is 2.44 bits per heavy atom. The maximum Gasteiger partial charge on any atom is 0.318 e. The van der Waals surface area contributed by atoms with Crippen molar-refractivity contribution < 1.29 is 4.74 Å². The van der Waals surface area contributed by atoms with E-state index in [-0.39, 0.29) is 6.04 Å². The van der Waals surface area contributed by atoms with E-state index < -0.39 is 11.1 Å². The molecule has 2 saturated heterocycles. The largest absolute Gasteiger partial charge is 0.380 e. The first-order valence-electron chi connectivity index (χ1n) is 11.5. The van der Waals surface area contributed by atoms with Gasteiger partial charge in [0.15, 0.2) is 5.65 Å². The Labute approximate surface area is 201 Å². The molecule has 0 saturated carbocycles. The van der Waals surface area contributed by atoms with Crippen LogP contribution in [-0.4, -0.2) is 68.4 Å².